The van der Waals surface area contributed by atoms with Crippen LogP contribution < -0.4 is 5.32 Å². The summed E-state index contributed by atoms with van der Waals surface area (Å²) in [5, 5.41) is 3.45. The molecule has 0 aliphatic carbocycles. The second-order valence-corrected chi connectivity index (χ2v) is 4.64. The van der Waals surface area contributed by atoms with Crippen molar-refractivity contribution < 1.29 is 0 Å². The zero-order valence-electron chi connectivity index (χ0n) is 11.0. The van der Waals surface area contributed by atoms with Crippen molar-refractivity contribution in [1.29, 1.82) is 0 Å². The fourth-order valence-corrected chi connectivity index (χ4v) is 1.90. The Balaban J connectivity index is 2.04. The SMILES string of the molecule is C=C(CNc1cc(C)ccc1C)c1ccccc1. The van der Waals surface area contributed by atoms with Gasteiger partial charge in [0.25, 0.3) is 0 Å². The highest BCUT2D eigenvalue weighted by molar-refractivity contribution is 5.68. The summed E-state index contributed by atoms with van der Waals surface area (Å²) < 4.78 is 0. The molecule has 0 amide bonds. The van der Waals surface area contributed by atoms with E-state index in [1.165, 1.54) is 22.4 Å². The van der Waals surface area contributed by atoms with Crippen LogP contribution in [0.2, 0.25) is 0 Å². The number of benzene rings is 2. The molecule has 0 spiro atoms. The lowest BCUT2D eigenvalue weighted by Crippen LogP contribution is -2.04. The maximum atomic E-state index is 4.13. The predicted octanol–water partition coefficient (Wildman–Crippen LogP) is 4.43. The molecule has 2 aromatic rings. The van der Waals surface area contributed by atoms with E-state index in [0.717, 1.165) is 12.1 Å². The molecule has 2 aromatic carbocycles. The second-order valence-electron chi connectivity index (χ2n) is 4.64. The van der Waals surface area contributed by atoms with Crippen molar-refractivity contribution in [1.82, 2.24) is 0 Å². The molecule has 0 aliphatic rings. The van der Waals surface area contributed by atoms with E-state index in [9.17, 15) is 0 Å². The van der Waals surface area contributed by atoms with Crippen molar-refractivity contribution in [2.45, 2.75) is 13.8 Å². The summed E-state index contributed by atoms with van der Waals surface area (Å²) in [6, 6.07) is 16.7. The van der Waals surface area contributed by atoms with Crippen molar-refractivity contribution in [3.05, 3.63) is 71.8 Å². The lowest BCUT2D eigenvalue weighted by molar-refractivity contribution is 1.29. The molecule has 0 heterocycles. The maximum Gasteiger partial charge on any atom is 0.0400 e. The van der Waals surface area contributed by atoms with Gasteiger partial charge in [-0.2, -0.15) is 0 Å². The molecule has 0 saturated heterocycles. The third-order valence-corrected chi connectivity index (χ3v) is 3.07. The average Bonchev–Trinajstić information content (AvgIpc) is 2.40. The van der Waals surface area contributed by atoms with Gasteiger partial charge in [-0.05, 0) is 42.2 Å². The number of anilines is 1. The molecule has 0 atom stereocenters. The lowest BCUT2D eigenvalue weighted by atomic mass is 10.1. The van der Waals surface area contributed by atoms with Gasteiger partial charge in [0.05, 0.1) is 0 Å². The highest BCUT2D eigenvalue weighted by atomic mass is 14.9. The summed E-state index contributed by atoms with van der Waals surface area (Å²) in [6.07, 6.45) is 0. The first kappa shape index (κ1) is 12.4. The molecule has 0 unspecified atom stereocenters. The number of hydrogen-bond donors (Lipinski definition) is 1. The fourth-order valence-electron chi connectivity index (χ4n) is 1.90. The minimum absolute atomic E-state index is 0.772. The van der Waals surface area contributed by atoms with Gasteiger partial charge in [-0.25, -0.2) is 0 Å². The Morgan fingerprint density at radius 2 is 1.78 bits per heavy atom. The first-order chi connectivity index (χ1) is 8.66. The molecule has 0 fully saturated rings. The number of rotatable bonds is 4. The van der Waals surface area contributed by atoms with Gasteiger partial charge in [0, 0.05) is 12.2 Å². The van der Waals surface area contributed by atoms with E-state index in [0.29, 0.717) is 0 Å². The normalized spacial score (nSPS) is 10.1. The predicted molar refractivity (Wildman–Crippen MR) is 79.9 cm³/mol. The van der Waals surface area contributed by atoms with Crippen LogP contribution in [0.1, 0.15) is 16.7 Å². The van der Waals surface area contributed by atoms with E-state index in [2.05, 4.69) is 56.1 Å². The minimum atomic E-state index is 0.772. The van der Waals surface area contributed by atoms with E-state index in [-0.39, 0.29) is 0 Å². The van der Waals surface area contributed by atoms with Crippen molar-refractivity contribution >= 4 is 11.3 Å². The van der Waals surface area contributed by atoms with Crippen LogP contribution in [0.15, 0.2) is 55.1 Å². The Morgan fingerprint density at radius 1 is 1.06 bits per heavy atom. The van der Waals surface area contributed by atoms with Gasteiger partial charge in [-0.3, -0.25) is 0 Å². The molecular formula is C17H19N. The monoisotopic (exact) mass is 237 g/mol. The lowest BCUT2D eigenvalue weighted by Gasteiger charge is -2.12. The molecule has 1 heteroatoms. The Kier molecular flexibility index (Phi) is 3.83. The highest BCUT2D eigenvalue weighted by Gasteiger charge is 2.01. The van der Waals surface area contributed by atoms with Gasteiger partial charge in [-0.15, -0.1) is 0 Å². The Bertz CT molecular complexity index is 541. The summed E-state index contributed by atoms with van der Waals surface area (Å²) in [6.45, 7) is 9.13. The third-order valence-electron chi connectivity index (χ3n) is 3.07. The fraction of sp³-hybridized carbons (Fsp3) is 0.176. The molecule has 0 aliphatic heterocycles. The van der Waals surface area contributed by atoms with E-state index in [1.54, 1.807) is 0 Å². The van der Waals surface area contributed by atoms with Gasteiger partial charge >= 0.3 is 0 Å². The zero-order chi connectivity index (χ0) is 13.0. The first-order valence-electron chi connectivity index (χ1n) is 6.21. The van der Waals surface area contributed by atoms with Crippen LogP contribution in [0.5, 0.6) is 0 Å². The molecule has 18 heavy (non-hydrogen) atoms. The van der Waals surface area contributed by atoms with Crippen molar-refractivity contribution in [3.8, 4) is 0 Å². The van der Waals surface area contributed by atoms with Crippen molar-refractivity contribution in [2.24, 2.45) is 0 Å². The van der Waals surface area contributed by atoms with Crippen LogP contribution in [-0.4, -0.2) is 6.54 Å². The van der Waals surface area contributed by atoms with E-state index >= 15 is 0 Å². The van der Waals surface area contributed by atoms with Crippen LogP contribution in [0.25, 0.3) is 5.57 Å². The molecule has 1 N–H and O–H groups in total. The maximum absolute atomic E-state index is 4.13. The third kappa shape index (κ3) is 3.01. The minimum Gasteiger partial charge on any atom is -0.381 e. The van der Waals surface area contributed by atoms with E-state index in [1.807, 2.05) is 18.2 Å². The van der Waals surface area contributed by atoms with Crippen LogP contribution in [0.4, 0.5) is 5.69 Å². The molecule has 2 rings (SSSR count). The smallest absolute Gasteiger partial charge is 0.0400 e. The quantitative estimate of drug-likeness (QED) is 0.829. The van der Waals surface area contributed by atoms with Gasteiger partial charge in [0.1, 0.15) is 0 Å². The summed E-state index contributed by atoms with van der Waals surface area (Å²) in [7, 11) is 0. The topological polar surface area (TPSA) is 12.0 Å². The Hall–Kier alpha value is -2.02. The highest BCUT2D eigenvalue weighted by Crippen LogP contribution is 2.18. The first-order valence-corrected chi connectivity index (χ1v) is 6.21. The molecular weight excluding hydrogens is 218 g/mol. The van der Waals surface area contributed by atoms with Crippen LogP contribution in [-0.2, 0) is 0 Å². The Morgan fingerprint density at radius 3 is 2.50 bits per heavy atom. The second kappa shape index (κ2) is 5.54. The summed E-state index contributed by atoms with van der Waals surface area (Å²) in [5.74, 6) is 0. The molecule has 0 bridgehead atoms. The van der Waals surface area contributed by atoms with Crippen LogP contribution in [0.3, 0.4) is 0 Å². The van der Waals surface area contributed by atoms with E-state index < -0.39 is 0 Å². The van der Waals surface area contributed by atoms with Crippen molar-refractivity contribution in [3.63, 3.8) is 0 Å². The molecule has 0 radical (unpaired) electrons. The number of hydrogen-bond acceptors (Lipinski definition) is 1. The summed E-state index contributed by atoms with van der Waals surface area (Å²) >= 11 is 0. The van der Waals surface area contributed by atoms with Gasteiger partial charge in [0.2, 0.25) is 0 Å². The molecule has 92 valence electrons. The molecule has 1 nitrogen and oxygen atoms in total. The van der Waals surface area contributed by atoms with Crippen LogP contribution in [0, 0.1) is 13.8 Å². The number of aryl methyl sites for hydroxylation is 2. The van der Waals surface area contributed by atoms with Gasteiger partial charge < -0.3 is 5.32 Å². The average molecular weight is 237 g/mol. The summed E-state index contributed by atoms with van der Waals surface area (Å²) in [4.78, 5) is 0. The molecule has 0 aromatic heterocycles. The van der Waals surface area contributed by atoms with Crippen LogP contribution >= 0.6 is 0 Å². The molecule has 0 saturated carbocycles. The number of nitrogens with one attached hydrogen (secondary N) is 1. The summed E-state index contributed by atoms with van der Waals surface area (Å²) in [5.41, 5.74) is 6.02. The van der Waals surface area contributed by atoms with Gasteiger partial charge in [0.15, 0.2) is 0 Å². The Labute approximate surface area is 109 Å². The van der Waals surface area contributed by atoms with Crippen molar-refractivity contribution in [2.75, 3.05) is 11.9 Å². The zero-order valence-corrected chi connectivity index (χ0v) is 11.0. The van der Waals surface area contributed by atoms with E-state index in [4.69, 9.17) is 0 Å². The van der Waals surface area contributed by atoms with Gasteiger partial charge in [-0.1, -0.05) is 49.0 Å². The largest absolute Gasteiger partial charge is 0.381 e. The standard InChI is InChI=1S/C17H19N/c1-13-9-10-14(2)17(11-13)18-12-15(3)16-7-5-4-6-8-16/h4-11,18H,3,12H2,1-2H3.